The smallest absolute Gasteiger partial charge is 0.0257 e. The molecule has 0 radical (unpaired) electrons. The van der Waals surface area contributed by atoms with E-state index in [-0.39, 0.29) is 0 Å². The molecule has 86 valence electrons. The standard InChI is InChI=1S/C16H22/c1-2-3-4-5-6-7-8-10-13-16-14-11-9-12-15-16/h7-15H,2-6H2,1H3/b8-7-,13-10+. The maximum absolute atomic E-state index is 2.26. The molecule has 0 fully saturated rings. The van der Waals surface area contributed by atoms with E-state index in [9.17, 15) is 0 Å². The highest BCUT2D eigenvalue weighted by Gasteiger charge is 1.83. The molecule has 0 saturated heterocycles. The van der Waals surface area contributed by atoms with Gasteiger partial charge in [0.05, 0.1) is 0 Å². The lowest BCUT2D eigenvalue weighted by molar-refractivity contribution is 0.674. The molecule has 0 N–H and O–H groups in total. The van der Waals surface area contributed by atoms with Crippen molar-refractivity contribution in [2.24, 2.45) is 0 Å². The van der Waals surface area contributed by atoms with Crippen LogP contribution in [0, 0.1) is 0 Å². The quantitative estimate of drug-likeness (QED) is 0.431. The van der Waals surface area contributed by atoms with E-state index in [1.54, 1.807) is 0 Å². The fraction of sp³-hybridized carbons (Fsp3) is 0.375. The van der Waals surface area contributed by atoms with Crippen molar-refractivity contribution in [3.05, 3.63) is 54.1 Å². The van der Waals surface area contributed by atoms with E-state index in [0.717, 1.165) is 0 Å². The minimum atomic E-state index is 1.21. The summed E-state index contributed by atoms with van der Waals surface area (Å²) in [5.74, 6) is 0. The zero-order chi connectivity index (χ0) is 11.5. The maximum atomic E-state index is 2.26. The van der Waals surface area contributed by atoms with Crippen LogP contribution in [0.25, 0.3) is 6.08 Å². The molecule has 0 aliphatic rings. The molecule has 1 aromatic carbocycles. The Morgan fingerprint density at radius 1 is 0.938 bits per heavy atom. The number of hydrogen-bond acceptors (Lipinski definition) is 0. The van der Waals surface area contributed by atoms with Crippen LogP contribution in [-0.2, 0) is 0 Å². The van der Waals surface area contributed by atoms with E-state index in [1.807, 2.05) is 6.07 Å². The summed E-state index contributed by atoms with van der Waals surface area (Å²) in [5, 5.41) is 0. The predicted octanol–water partition coefficient (Wildman–Crippen LogP) is 5.23. The molecule has 0 bridgehead atoms. The van der Waals surface area contributed by atoms with Crippen molar-refractivity contribution in [1.29, 1.82) is 0 Å². The summed E-state index contributed by atoms with van der Waals surface area (Å²) in [4.78, 5) is 0. The molecule has 0 nitrogen and oxygen atoms in total. The summed E-state index contributed by atoms with van der Waals surface area (Å²) in [6.45, 7) is 2.25. The van der Waals surface area contributed by atoms with Crippen molar-refractivity contribution in [3.63, 3.8) is 0 Å². The highest BCUT2D eigenvalue weighted by molar-refractivity contribution is 5.50. The molecule has 0 aliphatic heterocycles. The van der Waals surface area contributed by atoms with Crippen LogP contribution >= 0.6 is 0 Å². The average molecular weight is 214 g/mol. The van der Waals surface area contributed by atoms with E-state index < -0.39 is 0 Å². The zero-order valence-electron chi connectivity index (χ0n) is 10.2. The molecule has 0 heterocycles. The molecule has 1 rings (SSSR count). The zero-order valence-corrected chi connectivity index (χ0v) is 10.2. The first-order valence-corrected chi connectivity index (χ1v) is 6.31. The third-order valence-corrected chi connectivity index (χ3v) is 2.56. The second-order valence-electron chi connectivity index (χ2n) is 4.05. The van der Waals surface area contributed by atoms with Gasteiger partial charge >= 0.3 is 0 Å². The normalized spacial score (nSPS) is 11.6. The highest BCUT2D eigenvalue weighted by Crippen LogP contribution is 2.04. The molecule has 0 aromatic heterocycles. The van der Waals surface area contributed by atoms with Crippen molar-refractivity contribution in [3.8, 4) is 0 Å². The number of benzene rings is 1. The van der Waals surface area contributed by atoms with Crippen LogP contribution in [0.3, 0.4) is 0 Å². The van der Waals surface area contributed by atoms with Crippen molar-refractivity contribution in [2.75, 3.05) is 0 Å². The molecular formula is C16H22. The minimum absolute atomic E-state index is 1.21. The SMILES string of the molecule is CCCCCC/C=C\C=C\c1ccccc1. The van der Waals surface area contributed by atoms with Gasteiger partial charge in [-0.15, -0.1) is 0 Å². The summed E-state index contributed by atoms with van der Waals surface area (Å²) >= 11 is 0. The second kappa shape index (κ2) is 8.96. The third-order valence-electron chi connectivity index (χ3n) is 2.56. The molecule has 0 spiro atoms. The van der Waals surface area contributed by atoms with Crippen LogP contribution in [0.2, 0.25) is 0 Å². The summed E-state index contributed by atoms with van der Waals surface area (Å²) in [7, 11) is 0. The average Bonchev–Trinajstić information content (AvgIpc) is 2.34. The molecule has 0 amide bonds. The Hall–Kier alpha value is -1.30. The fourth-order valence-electron chi connectivity index (χ4n) is 1.59. The number of allylic oxidation sites excluding steroid dienone is 3. The van der Waals surface area contributed by atoms with Crippen LogP contribution in [-0.4, -0.2) is 0 Å². The first kappa shape index (κ1) is 12.8. The molecule has 0 saturated carbocycles. The van der Waals surface area contributed by atoms with Gasteiger partial charge in [-0.2, -0.15) is 0 Å². The monoisotopic (exact) mass is 214 g/mol. The Labute approximate surface area is 99.7 Å². The third kappa shape index (κ3) is 6.23. The van der Waals surface area contributed by atoms with E-state index in [4.69, 9.17) is 0 Å². The van der Waals surface area contributed by atoms with Crippen LogP contribution in [0.1, 0.15) is 44.6 Å². The molecule has 0 unspecified atom stereocenters. The first-order chi connectivity index (χ1) is 7.93. The van der Waals surface area contributed by atoms with Gasteiger partial charge in [0.2, 0.25) is 0 Å². The predicted molar refractivity (Wildman–Crippen MR) is 73.4 cm³/mol. The van der Waals surface area contributed by atoms with Crippen LogP contribution < -0.4 is 0 Å². The van der Waals surface area contributed by atoms with Crippen LogP contribution in [0.5, 0.6) is 0 Å². The fourth-order valence-corrected chi connectivity index (χ4v) is 1.59. The van der Waals surface area contributed by atoms with Gasteiger partial charge in [-0.1, -0.05) is 80.8 Å². The van der Waals surface area contributed by atoms with Gasteiger partial charge in [-0.05, 0) is 18.4 Å². The lowest BCUT2D eigenvalue weighted by atomic mass is 10.1. The molecule has 0 heteroatoms. The molecule has 16 heavy (non-hydrogen) atoms. The number of unbranched alkanes of at least 4 members (excludes halogenated alkanes) is 4. The van der Waals surface area contributed by atoms with Crippen molar-refractivity contribution in [1.82, 2.24) is 0 Å². The Morgan fingerprint density at radius 2 is 1.75 bits per heavy atom. The summed E-state index contributed by atoms with van der Waals surface area (Å²) in [6, 6.07) is 10.4. The number of hydrogen-bond donors (Lipinski definition) is 0. The number of rotatable bonds is 7. The molecule has 0 aliphatic carbocycles. The first-order valence-electron chi connectivity index (χ1n) is 6.31. The van der Waals surface area contributed by atoms with E-state index >= 15 is 0 Å². The lowest BCUT2D eigenvalue weighted by Gasteiger charge is -1.93. The van der Waals surface area contributed by atoms with Gasteiger partial charge in [-0.3, -0.25) is 0 Å². The highest BCUT2D eigenvalue weighted by atomic mass is 13.9. The van der Waals surface area contributed by atoms with Gasteiger partial charge in [0.15, 0.2) is 0 Å². The van der Waals surface area contributed by atoms with Gasteiger partial charge in [0, 0.05) is 0 Å². The largest absolute Gasteiger partial charge is 0.0845 e. The maximum Gasteiger partial charge on any atom is -0.0257 e. The van der Waals surface area contributed by atoms with Gasteiger partial charge in [-0.25, -0.2) is 0 Å². The second-order valence-corrected chi connectivity index (χ2v) is 4.05. The van der Waals surface area contributed by atoms with Gasteiger partial charge < -0.3 is 0 Å². The van der Waals surface area contributed by atoms with E-state index in [2.05, 4.69) is 55.5 Å². The van der Waals surface area contributed by atoms with E-state index in [1.165, 1.54) is 37.7 Å². The van der Waals surface area contributed by atoms with E-state index in [0.29, 0.717) is 0 Å². The van der Waals surface area contributed by atoms with Gasteiger partial charge in [0.25, 0.3) is 0 Å². The Balaban J connectivity index is 2.14. The lowest BCUT2D eigenvalue weighted by Crippen LogP contribution is -1.73. The van der Waals surface area contributed by atoms with Crippen molar-refractivity contribution >= 4 is 6.08 Å². The topological polar surface area (TPSA) is 0 Å². The summed E-state index contributed by atoms with van der Waals surface area (Å²) < 4.78 is 0. The Morgan fingerprint density at radius 3 is 2.50 bits per heavy atom. The molecular weight excluding hydrogens is 192 g/mol. The van der Waals surface area contributed by atoms with Gasteiger partial charge in [0.1, 0.15) is 0 Å². The minimum Gasteiger partial charge on any atom is -0.0845 e. The Bertz CT molecular complexity index is 306. The van der Waals surface area contributed by atoms with Crippen LogP contribution in [0.4, 0.5) is 0 Å². The van der Waals surface area contributed by atoms with Crippen molar-refractivity contribution < 1.29 is 0 Å². The molecule has 0 atom stereocenters. The Kier molecular flexibility index (Phi) is 7.15. The summed E-state index contributed by atoms with van der Waals surface area (Å²) in [5.41, 5.74) is 1.26. The van der Waals surface area contributed by atoms with Crippen LogP contribution in [0.15, 0.2) is 48.6 Å². The summed E-state index contributed by atoms with van der Waals surface area (Å²) in [6.07, 6.45) is 15.3. The van der Waals surface area contributed by atoms with Crippen molar-refractivity contribution in [2.45, 2.75) is 39.0 Å². The molecule has 1 aromatic rings.